The topological polar surface area (TPSA) is 32.3 Å². The first-order valence-electron chi connectivity index (χ1n) is 5.78. The van der Waals surface area contributed by atoms with Gasteiger partial charge in [-0.15, -0.1) is 0 Å². The van der Waals surface area contributed by atoms with Crippen molar-refractivity contribution >= 4 is 0 Å². The molecule has 0 saturated heterocycles. The molecule has 1 aliphatic rings. The van der Waals surface area contributed by atoms with E-state index < -0.39 is 0 Å². The fraction of sp³-hybridized carbons (Fsp3) is 1.00. The zero-order chi connectivity index (χ0) is 10.8. The minimum atomic E-state index is -0.189. The van der Waals surface area contributed by atoms with Gasteiger partial charge in [0.1, 0.15) is 0 Å². The normalized spacial score (nSPS) is 29.8. The second-order valence-corrected chi connectivity index (χ2v) is 6.10. The van der Waals surface area contributed by atoms with E-state index in [1.165, 1.54) is 12.8 Å². The fourth-order valence-corrected chi connectivity index (χ4v) is 2.15. The minimum absolute atomic E-state index is 0.189. The van der Waals surface area contributed by atoms with Crippen molar-refractivity contribution in [2.24, 2.45) is 11.3 Å². The third-order valence-corrected chi connectivity index (χ3v) is 2.86. The molecular weight excluding hydrogens is 174 g/mol. The van der Waals surface area contributed by atoms with Gasteiger partial charge < -0.3 is 10.4 Å². The van der Waals surface area contributed by atoms with Crippen molar-refractivity contribution in [3.05, 3.63) is 0 Å². The van der Waals surface area contributed by atoms with Crippen molar-refractivity contribution in [3.8, 4) is 0 Å². The number of hydrogen-bond donors (Lipinski definition) is 2. The average Bonchev–Trinajstić information content (AvgIpc) is 1.92. The molecule has 1 aliphatic carbocycles. The van der Waals surface area contributed by atoms with Gasteiger partial charge in [0.2, 0.25) is 0 Å². The highest BCUT2D eigenvalue weighted by Gasteiger charge is 2.25. The molecule has 1 saturated carbocycles. The van der Waals surface area contributed by atoms with Gasteiger partial charge in [-0.25, -0.2) is 0 Å². The summed E-state index contributed by atoms with van der Waals surface area (Å²) in [7, 11) is 0. The number of rotatable bonds is 4. The summed E-state index contributed by atoms with van der Waals surface area (Å²) in [5.74, 6) is 0.882. The van der Waals surface area contributed by atoms with Crippen LogP contribution in [0.1, 0.15) is 47.0 Å². The average molecular weight is 199 g/mol. The molecule has 2 N–H and O–H groups in total. The Labute approximate surface area is 88.1 Å². The molecule has 0 amide bonds. The fourth-order valence-electron chi connectivity index (χ4n) is 2.15. The second-order valence-electron chi connectivity index (χ2n) is 6.10. The van der Waals surface area contributed by atoms with Crippen LogP contribution in [0.4, 0.5) is 0 Å². The molecule has 0 radical (unpaired) electrons. The number of hydrogen-bond acceptors (Lipinski definition) is 2. The van der Waals surface area contributed by atoms with Gasteiger partial charge in [-0.05, 0) is 30.6 Å². The maximum absolute atomic E-state index is 9.76. The first-order valence-corrected chi connectivity index (χ1v) is 5.78. The lowest BCUT2D eigenvalue weighted by molar-refractivity contribution is 0.107. The van der Waals surface area contributed by atoms with Gasteiger partial charge >= 0.3 is 0 Å². The lowest BCUT2D eigenvalue weighted by atomic mass is 9.81. The minimum Gasteiger partial charge on any atom is -0.392 e. The van der Waals surface area contributed by atoms with E-state index in [1.54, 1.807) is 0 Å². The third kappa shape index (κ3) is 4.43. The van der Waals surface area contributed by atoms with Crippen LogP contribution in [-0.2, 0) is 0 Å². The Kier molecular flexibility index (Phi) is 3.96. The molecule has 2 heteroatoms. The Morgan fingerprint density at radius 2 is 1.93 bits per heavy atom. The van der Waals surface area contributed by atoms with Crippen LogP contribution >= 0.6 is 0 Å². The standard InChI is InChI=1S/C12H25NO/c1-9-5-10(6-9)13-8-11(14)7-12(2,3)4/h9-11,13-14H,5-8H2,1-4H3. The van der Waals surface area contributed by atoms with Crippen LogP contribution in [0.15, 0.2) is 0 Å². The van der Waals surface area contributed by atoms with Crippen molar-refractivity contribution < 1.29 is 5.11 Å². The highest BCUT2D eigenvalue weighted by molar-refractivity contribution is 4.83. The molecule has 0 aromatic carbocycles. The van der Waals surface area contributed by atoms with E-state index in [9.17, 15) is 5.11 Å². The van der Waals surface area contributed by atoms with E-state index in [0.717, 1.165) is 18.9 Å². The molecular formula is C12H25NO. The van der Waals surface area contributed by atoms with Gasteiger partial charge in [0.15, 0.2) is 0 Å². The Morgan fingerprint density at radius 1 is 1.36 bits per heavy atom. The van der Waals surface area contributed by atoms with Crippen LogP contribution in [0.3, 0.4) is 0 Å². The Morgan fingerprint density at radius 3 is 2.36 bits per heavy atom. The van der Waals surface area contributed by atoms with E-state index >= 15 is 0 Å². The number of aliphatic hydroxyl groups excluding tert-OH is 1. The zero-order valence-corrected chi connectivity index (χ0v) is 10.0. The summed E-state index contributed by atoms with van der Waals surface area (Å²) in [4.78, 5) is 0. The van der Waals surface area contributed by atoms with E-state index in [-0.39, 0.29) is 11.5 Å². The summed E-state index contributed by atoms with van der Waals surface area (Å²) in [6.07, 6.45) is 3.25. The predicted molar refractivity (Wildman–Crippen MR) is 60.3 cm³/mol. The summed E-state index contributed by atoms with van der Waals surface area (Å²) in [6.45, 7) is 9.54. The first kappa shape index (κ1) is 12.0. The van der Waals surface area contributed by atoms with Crippen molar-refractivity contribution in [3.63, 3.8) is 0 Å². The molecule has 1 unspecified atom stereocenters. The van der Waals surface area contributed by atoms with E-state index in [2.05, 4.69) is 33.0 Å². The van der Waals surface area contributed by atoms with E-state index in [4.69, 9.17) is 0 Å². The maximum atomic E-state index is 9.76. The van der Waals surface area contributed by atoms with Crippen molar-refractivity contribution in [1.82, 2.24) is 5.32 Å². The molecule has 14 heavy (non-hydrogen) atoms. The summed E-state index contributed by atoms with van der Waals surface area (Å²) in [6, 6.07) is 0.666. The molecule has 0 aromatic heterocycles. The quantitative estimate of drug-likeness (QED) is 0.727. The van der Waals surface area contributed by atoms with Crippen LogP contribution in [-0.4, -0.2) is 23.8 Å². The van der Waals surface area contributed by atoms with Crippen LogP contribution in [0.2, 0.25) is 0 Å². The highest BCUT2D eigenvalue weighted by Crippen LogP contribution is 2.26. The van der Waals surface area contributed by atoms with Gasteiger partial charge in [-0.1, -0.05) is 27.7 Å². The summed E-state index contributed by atoms with van der Waals surface area (Å²) >= 11 is 0. The maximum Gasteiger partial charge on any atom is 0.0669 e. The summed E-state index contributed by atoms with van der Waals surface area (Å²) in [5, 5.41) is 13.2. The number of aliphatic hydroxyl groups is 1. The van der Waals surface area contributed by atoms with Crippen molar-refractivity contribution in [2.75, 3.05) is 6.54 Å². The second kappa shape index (κ2) is 4.63. The summed E-state index contributed by atoms with van der Waals surface area (Å²) in [5.41, 5.74) is 0.230. The molecule has 2 nitrogen and oxygen atoms in total. The van der Waals surface area contributed by atoms with Gasteiger partial charge in [-0.3, -0.25) is 0 Å². The van der Waals surface area contributed by atoms with Crippen LogP contribution < -0.4 is 5.32 Å². The molecule has 1 atom stereocenters. The highest BCUT2D eigenvalue weighted by atomic mass is 16.3. The smallest absolute Gasteiger partial charge is 0.0669 e. The van der Waals surface area contributed by atoms with Crippen molar-refractivity contribution in [2.45, 2.75) is 59.1 Å². The third-order valence-electron chi connectivity index (χ3n) is 2.86. The number of nitrogens with one attached hydrogen (secondary N) is 1. The lowest BCUT2D eigenvalue weighted by Crippen LogP contribution is -2.44. The van der Waals surface area contributed by atoms with Gasteiger partial charge in [-0.2, -0.15) is 0 Å². The molecule has 0 aliphatic heterocycles. The molecule has 1 rings (SSSR count). The van der Waals surface area contributed by atoms with Gasteiger partial charge in [0.25, 0.3) is 0 Å². The zero-order valence-electron chi connectivity index (χ0n) is 10.0. The molecule has 1 fully saturated rings. The van der Waals surface area contributed by atoms with Crippen LogP contribution in [0, 0.1) is 11.3 Å². The Hall–Kier alpha value is -0.0800. The Balaban J connectivity index is 2.06. The molecule has 0 spiro atoms. The van der Waals surface area contributed by atoms with E-state index in [0.29, 0.717) is 6.04 Å². The first-order chi connectivity index (χ1) is 6.37. The largest absolute Gasteiger partial charge is 0.392 e. The van der Waals surface area contributed by atoms with Crippen LogP contribution in [0.25, 0.3) is 0 Å². The lowest BCUT2D eigenvalue weighted by Gasteiger charge is -2.34. The monoisotopic (exact) mass is 199 g/mol. The molecule has 84 valence electrons. The van der Waals surface area contributed by atoms with Gasteiger partial charge in [0, 0.05) is 12.6 Å². The summed E-state index contributed by atoms with van der Waals surface area (Å²) < 4.78 is 0. The molecule has 0 bridgehead atoms. The molecule has 0 aromatic rings. The predicted octanol–water partition coefficient (Wildman–Crippen LogP) is 2.17. The van der Waals surface area contributed by atoms with Crippen molar-refractivity contribution in [1.29, 1.82) is 0 Å². The Bertz CT molecular complexity index is 168. The molecule has 0 heterocycles. The van der Waals surface area contributed by atoms with Crippen LogP contribution in [0.5, 0.6) is 0 Å². The van der Waals surface area contributed by atoms with Gasteiger partial charge in [0.05, 0.1) is 6.10 Å². The van der Waals surface area contributed by atoms with E-state index in [1.807, 2.05) is 0 Å². The SMILES string of the molecule is CC1CC(NCC(O)CC(C)(C)C)C1.